The van der Waals surface area contributed by atoms with Crippen molar-refractivity contribution in [2.75, 3.05) is 20.1 Å². The molecule has 1 saturated heterocycles. The van der Waals surface area contributed by atoms with Gasteiger partial charge in [0.05, 0.1) is 17.0 Å². The molecular weight excluding hydrogens is 572 g/mol. The molecule has 7 nitrogen and oxygen atoms in total. The normalized spacial score (nSPS) is 25.2. The van der Waals surface area contributed by atoms with Crippen LogP contribution in [0.15, 0.2) is 49.6 Å². The van der Waals surface area contributed by atoms with E-state index in [1.54, 1.807) is 17.3 Å². The second-order valence-electron chi connectivity index (χ2n) is 9.09. The van der Waals surface area contributed by atoms with Crippen molar-refractivity contribution in [3.63, 3.8) is 0 Å². The zero-order valence-electron chi connectivity index (χ0n) is 20.1. The number of nitrogens with zero attached hydrogens (tertiary/aromatic N) is 4. The summed E-state index contributed by atoms with van der Waals surface area (Å²) in [6.45, 7) is 7.90. The maximum absolute atomic E-state index is 15.5. The number of hydrogen-bond donors (Lipinski definition) is 2. The average molecular weight is 604 g/mol. The summed E-state index contributed by atoms with van der Waals surface area (Å²) in [7, 11) is 3.61. The fourth-order valence-electron chi connectivity index (χ4n) is 4.38. The molecule has 34 heavy (non-hydrogen) atoms. The molecule has 0 saturated carbocycles. The molecule has 1 fully saturated rings. The molecule has 1 heterocycles. The summed E-state index contributed by atoms with van der Waals surface area (Å²) in [6.07, 6.45) is 3.45. The Morgan fingerprint density at radius 1 is 1.53 bits per heavy atom. The van der Waals surface area contributed by atoms with E-state index in [0.717, 1.165) is 5.57 Å². The number of alkyl halides is 1. The van der Waals surface area contributed by atoms with Crippen LogP contribution in [0.4, 0.5) is 8.78 Å². The van der Waals surface area contributed by atoms with E-state index in [1.807, 2.05) is 63.6 Å². The van der Waals surface area contributed by atoms with Crippen LogP contribution in [0.25, 0.3) is 0 Å². The smallest absolute Gasteiger partial charge is 0.244 e. The SMILES string of the molecule is CC(C)=C1C(N2C[C@@H](C)C[C@@H](N(C)C(=O)C(NN)C(C)(F)P)C2)=C(F)C=C(C#N)/C1=N/C=C\I. The van der Waals surface area contributed by atoms with Crippen LogP contribution in [0.5, 0.6) is 0 Å². The highest BCUT2D eigenvalue weighted by Gasteiger charge is 2.41. The average Bonchev–Trinajstić information content (AvgIpc) is 2.75. The Labute approximate surface area is 216 Å². The second kappa shape index (κ2) is 11.8. The highest BCUT2D eigenvalue weighted by Crippen LogP contribution is 2.36. The van der Waals surface area contributed by atoms with Gasteiger partial charge in [0.25, 0.3) is 0 Å². The number of nitrogens with two attached hydrogens (primary N) is 1. The summed E-state index contributed by atoms with van der Waals surface area (Å²) in [5.74, 6) is 4.60. The highest BCUT2D eigenvalue weighted by atomic mass is 127. The molecule has 0 aromatic carbocycles. The van der Waals surface area contributed by atoms with E-state index in [0.29, 0.717) is 36.5 Å². The number of allylic oxidation sites excluding steroid dienone is 5. The maximum Gasteiger partial charge on any atom is 0.244 e. The number of aliphatic imine (C=N–C) groups is 1. The molecule has 1 aliphatic heterocycles. The van der Waals surface area contributed by atoms with Crippen molar-refractivity contribution in [2.45, 2.75) is 51.6 Å². The number of nitriles is 1. The van der Waals surface area contributed by atoms with Gasteiger partial charge in [-0.25, -0.2) is 14.2 Å². The highest BCUT2D eigenvalue weighted by molar-refractivity contribution is 14.1. The molecule has 1 amide bonds. The number of nitrogens with one attached hydrogen (secondary N) is 1. The van der Waals surface area contributed by atoms with Crippen molar-refractivity contribution in [1.29, 1.82) is 5.26 Å². The first-order valence-electron chi connectivity index (χ1n) is 10.9. The largest absolute Gasteiger partial charge is 0.366 e. The van der Waals surface area contributed by atoms with E-state index < -0.39 is 23.2 Å². The van der Waals surface area contributed by atoms with Gasteiger partial charge in [0.1, 0.15) is 23.3 Å². The van der Waals surface area contributed by atoms with Crippen LogP contribution < -0.4 is 11.3 Å². The summed E-state index contributed by atoms with van der Waals surface area (Å²) in [5, 5.41) is 7.65. The minimum Gasteiger partial charge on any atom is -0.366 e. The molecule has 1 aliphatic carbocycles. The van der Waals surface area contributed by atoms with Crippen molar-refractivity contribution in [3.05, 3.63) is 44.6 Å². The van der Waals surface area contributed by atoms with Gasteiger partial charge in [0.2, 0.25) is 5.91 Å². The third-order valence-corrected chi connectivity index (χ3v) is 6.59. The van der Waals surface area contributed by atoms with Crippen LogP contribution >= 0.6 is 31.8 Å². The van der Waals surface area contributed by atoms with E-state index >= 15 is 4.39 Å². The lowest BCUT2D eigenvalue weighted by molar-refractivity contribution is -0.137. The van der Waals surface area contributed by atoms with E-state index in [9.17, 15) is 14.4 Å². The van der Waals surface area contributed by atoms with Gasteiger partial charge in [-0.3, -0.25) is 15.6 Å². The predicted octanol–water partition coefficient (Wildman–Crippen LogP) is 3.88. The standard InChI is InChI=1S/C23H32F2IN6OP/c1-13(2)18-19(29-7-6-26)15(10-27)9-17(24)20(18)32-11-14(3)8-16(12-32)31(5)22(33)21(30-28)23(4,25)34/h6-7,9,14,16,21,30H,8,11-12,28,34H2,1-5H3/b7-6-,29-19-/t14-,16+,21?,23?/m0/s1. The number of halogens is 3. The summed E-state index contributed by atoms with van der Waals surface area (Å²) in [5.41, 5.74) is 4.57. The monoisotopic (exact) mass is 604 g/mol. The van der Waals surface area contributed by atoms with Crippen molar-refractivity contribution in [3.8, 4) is 6.07 Å². The quantitative estimate of drug-likeness (QED) is 0.208. The minimum absolute atomic E-state index is 0.126. The third kappa shape index (κ3) is 6.30. The first-order chi connectivity index (χ1) is 15.9. The Morgan fingerprint density at radius 2 is 2.18 bits per heavy atom. The predicted molar refractivity (Wildman–Crippen MR) is 143 cm³/mol. The Hall–Kier alpha value is -1.67. The molecule has 2 rings (SSSR count). The van der Waals surface area contributed by atoms with Crippen molar-refractivity contribution in [2.24, 2.45) is 16.8 Å². The summed E-state index contributed by atoms with van der Waals surface area (Å²) in [4.78, 5) is 20.8. The van der Waals surface area contributed by atoms with E-state index in [1.165, 1.54) is 17.9 Å². The lowest BCUT2D eigenvalue weighted by atomic mass is 9.87. The number of likely N-dealkylation sites (tertiary alicyclic amines) is 1. The van der Waals surface area contributed by atoms with Gasteiger partial charge in [-0.2, -0.15) is 5.26 Å². The number of piperidine rings is 1. The summed E-state index contributed by atoms with van der Waals surface area (Å²) in [6, 6.07) is 0.503. The van der Waals surface area contributed by atoms with E-state index in [-0.39, 0.29) is 17.5 Å². The third-order valence-electron chi connectivity index (χ3n) is 5.93. The number of amides is 1. The molecular formula is C23H32F2IN6OP. The molecule has 3 N–H and O–H groups in total. The Morgan fingerprint density at radius 3 is 2.68 bits per heavy atom. The molecule has 0 aromatic heterocycles. The number of likely N-dealkylation sites (N-methyl/N-ethyl adjacent to an activating group) is 1. The molecule has 0 spiro atoms. The van der Waals surface area contributed by atoms with Crippen LogP contribution in [0.2, 0.25) is 0 Å². The summed E-state index contributed by atoms with van der Waals surface area (Å²) < 4.78 is 31.7. The van der Waals surface area contributed by atoms with Crippen LogP contribution in [0.1, 0.15) is 34.1 Å². The number of carbonyl (C=O) groups excluding carboxylic acids is 1. The van der Waals surface area contributed by atoms with Crippen molar-refractivity contribution < 1.29 is 13.6 Å². The van der Waals surface area contributed by atoms with Gasteiger partial charge >= 0.3 is 0 Å². The first kappa shape index (κ1) is 28.6. The molecule has 0 aromatic rings. The van der Waals surface area contributed by atoms with Gasteiger partial charge in [-0.05, 0) is 43.3 Å². The van der Waals surface area contributed by atoms with Gasteiger partial charge < -0.3 is 9.80 Å². The Bertz CT molecular complexity index is 1000. The maximum atomic E-state index is 15.5. The Kier molecular flexibility index (Phi) is 9.95. The number of carbonyl (C=O) groups is 1. The van der Waals surface area contributed by atoms with Gasteiger partial charge in [-0.15, -0.1) is 0 Å². The van der Waals surface area contributed by atoms with Gasteiger partial charge in [-0.1, -0.05) is 44.3 Å². The topological polar surface area (TPSA) is 97.7 Å². The van der Waals surface area contributed by atoms with Crippen LogP contribution in [-0.2, 0) is 4.79 Å². The second-order valence-corrected chi connectivity index (χ2v) is 10.9. The van der Waals surface area contributed by atoms with Crippen molar-refractivity contribution in [1.82, 2.24) is 15.2 Å². The molecule has 11 heteroatoms. The number of hydrazine groups is 1. The number of rotatable bonds is 6. The van der Waals surface area contributed by atoms with E-state index in [4.69, 9.17) is 5.84 Å². The first-order valence-corrected chi connectivity index (χ1v) is 12.7. The number of hydrogen-bond acceptors (Lipinski definition) is 6. The van der Waals surface area contributed by atoms with Crippen LogP contribution in [0.3, 0.4) is 0 Å². The zero-order valence-corrected chi connectivity index (χ0v) is 23.4. The molecule has 5 atom stereocenters. The van der Waals surface area contributed by atoms with Gasteiger partial charge in [0.15, 0.2) is 0 Å². The molecule has 0 bridgehead atoms. The van der Waals surface area contributed by atoms with Gasteiger partial charge in [0, 0.05) is 38.0 Å². The van der Waals surface area contributed by atoms with Crippen LogP contribution in [0, 0.1) is 17.2 Å². The lowest BCUT2D eigenvalue weighted by Crippen LogP contribution is -2.60. The molecule has 186 valence electrons. The Balaban J connectivity index is 2.50. The minimum atomic E-state index is -1.94. The fourth-order valence-corrected chi connectivity index (χ4v) is 4.78. The fraction of sp³-hybridized carbons (Fsp3) is 0.522. The molecule has 0 radical (unpaired) electrons. The van der Waals surface area contributed by atoms with Crippen LogP contribution in [-0.4, -0.2) is 59.0 Å². The van der Waals surface area contributed by atoms with Crippen molar-refractivity contribution >= 4 is 43.4 Å². The van der Waals surface area contributed by atoms with E-state index in [2.05, 4.69) is 10.4 Å². The summed E-state index contributed by atoms with van der Waals surface area (Å²) >= 11 is 2.03. The zero-order chi connectivity index (χ0) is 25.8. The molecule has 2 aliphatic rings. The molecule has 3 unspecified atom stereocenters. The lowest BCUT2D eigenvalue weighted by Gasteiger charge is -2.44.